The average molecular weight is 301 g/mol. The summed E-state index contributed by atoms with van der Waals surface area (Å²) in [5.41, 5.74) is 0. The van der Waals surface area contributed by atoms with Crippen LogP contribution < -0.4 is 4.74 Å². The molecule has 1 aromatic rings. The summed E-state index contributed by atoms with van der Waals surface area (Å²) in [6, 6.07) is 2.05. The van der Waals surface area contributed by atoms with E-state index in [1.807, 2.05) is 0 Å². The Kier molecular flexibility index (Phi) is 6.08. The second kappa shape index (κ2) is 7.56. The molecule has 0 aliphatic heterocycles. The summed E-state index contributed by atoms with van der Waals surface area (Å²) >= 11 is 0. The number of halogens is 2. The van der Waals surface area contributed by atoms with Crippen molar-refractivity contribution in [2.45, 2.75) is 25.8 Å². The normalized spacial score (nSPS) is 11.8. The quantitative estimate of drug-likeness (QED) is 0.783. The predicted molar refractivity (Wildman–Crippen MR) is 71.0 cm³/mol. The number of carbonyl (C=O) groups excluding carboxylic acids is 1. The van der Waals surface area contributed by atoms with Crippen LogP contribution in [0.3, 0.4) is 0 Å². The van der Waals surface area contributed by atoms with Crippen molar-refractivity contribution >= 4 is 11.9 Å². The van der Waals surface area contributed by atoms with Crippen LogP contribution in [-0.4, -0.2) is 41.6 Å². The molecule has 7 heteroatoms. The minimum Gasteiger partial charge on any atom is -0.491 e. The lowest BCUT2D eigenvalue weighted by atomic mass is 10.2. The van der Waals surface area contributed by atoms with Gasteiger partial charge < -0.3 is 14.7 Å². The molecular weight excluding hydrogens is 284 g/mol. The van der Waals surface area contributed by atoms with Gasteiger partial charge in [0.25, 0.3) is 0 Å². The van der Waals surface area contributed by atoms with Crippen LogP contribution in [0.4, 0.5) is 8.78 Å². The summed E-state index contributed by atoms with van der Waals surface area (Å²) in [4.78, 5) is 23.6. The van der Waals surface area contributed by atoms with Gasteiger partial charge in [0.05, 0.1) is 6.61 Å². The highest BCUT2D eigenvalue weighted by atomic mass is 19.1. The van der Waals surface area contributed by atoms with Crippen molar-refractivity contribution in [1.82, 2.24) is 4.90 Å². The summed E-state index contributed by atoms with van der Waals surface area (Å²) in [7, 11) is 1.40. The first-order valence-corrected chi connectivity index (χ1v) is 6.39. The molecule has 0 aromatic heterocycles. The van der Waals surface area contributed by atoms with Gasteiger partial charge in [-0.25, -0.2) is 13.6 Å². The number of carboxylic acids is 1. The van der Waals surface area contributed by atoms with E-state index in [2.05, 4.69) is 0 Å². The maximum Gasteiger partial charge on any atom is 0.326 e. The second-order valence-corrected chi connectivity index (χ2v) is 4.55. The van der Waals surface area contributed by atoms with Gasteiger partial charge in [0.1, 0.15) is 11.9 Å². The van der Waals surface area contributed by atoms with E-state index in [9.17, 15) is 18.4 Å². The molecule has 0 saturated heterocycles. The van der Waals surface area contributed by atoms with Crippen LogP contribution >= 0.6 is 0 Å². The van der Waals surface area contributed by atoms with Crippen LogP contribution in [0, 0.1) is 11.6 Å². The molecule has 1 unspecified atom stereocenters. The van der Waals surface area contributed by atoms with Gasteiger partial charge in [0, 0.05) is 19.5 Å². The summed E-state index contributed by atoms with van der Waals surface area (Å²) in [6.07, 6.45) is 0.378. The molecule has 0 aliphatic rings. The zero-order valence-electron chi connectivity index (χ0n) is 11.8. The molecule has 0 spiro atoms. The maximum atomic E-state index is 13.3. The Hall–Kier alpha value is -2.18. The number of hydrogen-bond acceptors (Lipinski definition) is 3. The lowest BCUT2D eigenvalue weighted by molar-refractivity contribution is -0.148. The molecule has 0 bridgehead atoms. The zero-order valence-corrected chi connectivity index (χ0v) is 11.8. The summed E-state index contributed by atoms with van der Waals surface area (Å²) in [5.74, 6) is -3.02. The molecule has 0 saturated carbocycles. The molecule has 0 radical (unpaired) electrons. The number of aliphatic carboxylic acids is 1. The first-order chi connectivity index (χ1) is 9.82. The first kappa shape index (κ1) is 16.9. The van der Waals surface area contributed by atoms with Crippen LogP contribution in [-0.2, 0) is 9.59 Å². The van der Waals surface area contributed by atoms with Gasteiger partial charge in [0.2, 0.25) is 5.91 Å². The number of nitrogens with zero attached hydrogens (tertiary/aromatic N) is 1. The van der Waals surface area contributed by atoms with E-state index < -0.39 is 23.6 Å². The highest BCUT2D eigenvalue weighted by molar-refractivity contribution is 5.83. The van der Waals surface area contributed by atoms with E-state index in [-0.39, 0.29) is 24.7 Å². The Morgan fingerprint density at radius 3 is 2.62 bits per heavy atom. The molecule has 0 fully saturated rings. The second-order valence-electron chi connectivity index (χ2n) is 4.55. The summed E-state index contributed by atoms with van der Waals surface area (Å²) < 4.78 is 31.0. The van der Waals surface area contributed by atoms with Gasteiger partial charge in [-0.15, -0.1) is 0 Å². The number of rotatable bonds is 7. The van der Waals surface area contributed by atoms with Crippen molar-refractivity contribution in [2.24, 2.45) is 0 Å². The fourth-order valence-corrected chi connectivity index (χ4v) is 1.56. The van der Waals surface area contributed by atoms with Crippen molar-refractivity contribution in [2.75, 3.05) is 13.7 Å². The molecular formula is C14H17F2NO4. The molecule has 21 heavy (non-hydrogen) atoms. The lowest BCUT2D eigenvalue weighted by Crippen LogP contribution is -2.40. The molecule has 1 atom stereocenters. The number of carboxylic acid groups (broad SMARTS) is 1. The largest absolute Gasteiger partial charge is 0.491 e. The van der Waals surface area contributed by atoms with Gasteiger partial charge in [-0.2, -0.15) is 0 Å². The fraction of sp³-hybridized carbons (Fsp3) is 0.429. The van der Waals surface area contributed by atoms with Crippen molar-refractivity contribution in [1.29, 1.82) is 0 Å². The van der Waals surface area contributed by atoms with Crippen LogP contribution in [0.15, 0.2) is 18.2 Å². The SMILES string of the molecule is CC(C(=O)O)N(C)C(=O)CCCOc1ccc(F)cc1F. The molecule has 116 valence electrons. The Morgan fingerprint density at radius 1 is 1.38 bits per heavy atom. The lowest BCUT2D eigenvalue weighted by Gasteiger charge is -2.21. The minimum absolute atomic E-state index is 0.0730. The third kappa shape index (κ3) is 5.02. The number of amides is 1. The number of ether oxygens (including phenoxy) is 1. The van der Waals surface area contributed by atoms with Crippen molar-refractivity contribution in [3.05, 3.63) is 29.8 Å². The molecule has 1 aromatic carbocycles. The van der Waals surface area contributed by atoms with Crippen LogP contribution in [0.2, 0.25) is 0 Å². The van der Waals surface area contributed by atoms with Gasteiger partial charge in [-0.1, -0.05) is 0 Å². The molecule has 0 aliphatic carbocycles. The van der Waals surface area contributed by atoms with E-state index in [4.69, 9.17) is 9.84 Å². The van der Waals surface area contributed by atoms with Crippen LogP contribution in [0.5, 0.6) is 5.75 Å². The van der Waals surface area contributed by atoms with Crippen molar-refractivity contribution in [3.8, 4) is 5.75 Å². The maximum absolute atomic E-state index is 13.3. The van der Waals surface area contributed by atoms with Gasteiger partial charge in [0.15, 0.2) is 11.6 Å². The molecule has 1 rings (SSSR count). The average Bonchev–Trinajstić information content (AvgIpc) is 2.43. The first-order valence-electron chi connectivity index (χ1n) is 6.39. The van der Waals surface area contributed by atoms with E-state index in [1.54, 1.807) is 0 Å². The topological polar surface area (TPSA) is 66.8 Å². The molecule has 0 heterocycles. The highest BCUT2D eigenvalue weighted by Crippen LogP contribution is 2.17. The van der Waals surface area contributed by atoms with Gasteiger partial charge in [-0.3, -0.25) is 4.79 Å². The number of likely N-dealkylation sites (N-methyl/N-ethyl adjacent to an activating group) is 1. The van der Waals surface area contributed by atoms with Crippen LogP contribution in [0.1, 0.15) is 19.8 Å². The van der Waals surface area contributed by atoms with Gasteiger partial charge >= 0.3 is 5.97 Å². The molecule has 1 amide bonds. The Morgan fingerprint density at radius 2 is 2.05 bits per heavy atom. The van der Waals surface area contributed by atoms with E-state index in [1.165, 1.54) is 20.0 Å². The predicted octanol–water partition coefficient (Wildman–Crippen LogP) is 2.06. The minimum atomic E-state index is -1.09. The zero-order chi connectivity index (χ0) is 16.0. The number of hydrogen-bond donors (Lipinski definition) is 1. The number of benzene rings is 1. The molecule has 1 N–H and O–H groups in total. The van der Waals surface area contributed by atoms with E-state index in [0.29, 0.717) is 12.5 Å². The Bertz CT molecular complexity index is 522. The third-order valence-electron chi connectivity index (χ3n) is 3.02. The number of carbonyl (C=O) groups is 2. The molecule has 5 nitrogen and oxygen atoms in total. The highest BCUT2D eigenvalue weighted by Gasteiger charge is 2.21. The monoisotopic (exact) mass is 301 g/mol. The third-order valence-corrected chi connectivity index (χ3v) is 3.02. The Labute approximate surface area is 121 Å². The van der Waals surface area contributed by atoms with E-state index >= 15 is 0 Å². The van der Waals surface area contributed by atoms with Crippen molar-refractivity contribution < 1.29 is 28.2 Å². The summed E-state index contributed by atoms with van der Waals surface area (Å²) in [5, 5.41) is 8.78. The standard InChI is InChI=1S/C14H17F2NO4/c1-9(14(19)20)17(2)13(18)4-3-7-21-12-6-5-10(15)8-11(12)16/h5-6,8-9H,3-4,7H2,1-2H3,(H,19,20). The van der Waals surface area contributed by atoms with Crippen molar-refractivity contribution in [3.63, 3.8) is 0 Å². The summed E-state index contributed by atoms with van der Waals surface area (Å²) in [6.45, 7) is 1.48. The van der Waals surface area contributed by atoms with E-state index in [0.717, 1.165) is 11.0 Å². The van der Waals surface area contributed by atoms with Gasteiger partial charge in [-0.05, 0) is 25.5 Å². The van der Waals surface area contributed by atoms with Crippen LogP contribution in [0.25, 0.3) is 0 Å². The fourth-order valence-electron chi connectivity index (χ4n) is 1.56. The Balaban J connectivity index is 2.37. The smallest absolute Gasteiger partial charge is 0.326 e.